The number of hydrogen-bond donors (Lipinski definition) is 1. The summed E-state index contributed by atoms with van der Waals surface area (Å²) in [4.78, 5) is 0. The zero-order valence-corrected chi connectivity index (χ0v) is 5.51. The number of nitrogens with zero attached hydrogens (tertiary/aromatic N) is 2. The van der Waals surface area contributed by atoms with Gasteiger partial charge in [0.1, 0.15) is 5.69 Å². The van der Waals surface area contributed by atoms with Crippen molar-refractivity contribution in [2.24, 2.45) is 0 Å². The second kappa shape index (κ2) is 2.48. The molecular formula is C5H9N3O. The van der Waals surface area contributed by atoms with E-state index in [0.717, 1.165) is 5.69 Å². The maximum Gasteiger partial charge on any atom is 0.232 e. The molecule has 0 fully saturated rings. The molecule has 4 nitrogen and oxygen atoms in total. The molecule has 0 unspecified atom stereocenters. The van der Waals surface area contributed by atoms with Crippen LogP contribution in [0.25, 0.3) is 0 Å². The SMILES string of the molecule is CCOc1[nH]nnc1C. The van der Waals surface area contributed by atoms with Gasteiger partial charge in [0.2, 0.25) is 5.88 Å². The molecule has 50 valence electrons. The standard InChI is InChI=1S/C5H9N3O/c1-3-9-5-4(2)6-8-7-5/h3H2,1-2H3,(H,6,7,8). The van der Waals surface area contributed by atoms with Gasteiger partial charge in [-0.1, -0.05) is 5.21 Å². The molecule has 1 rings (SSSR count). The van der Waals surface area contributed by atoms with Crippen LogP contribution in [-0.4, -0.2) is 22.0 Å². The van der Waals surface area contributed by atoms with Crippen LogP contribution < -0.4 is 4.74 Å². The van der Waals surface area contributed by atoms with Crippen molar-refractivity contribution in [3.8, 4) is 5.88 Å². The van der Waals surface area contributed by atoms with E-state index >= 15 is 0 Å². The fourth-order valence-electron chi connectivity index (χ4n) is 0.553. The summed E-state index contributed by atoms with van der Waals surface area (Å²) in [6.07, 6.45) is 0. The van der Waals surface area contributed by atoms with Crippen molar-refractivity contribution in [1.29, 1.82) is 0 Å². The van der Waals surface area contributed by atoms with Gasteiger partial charge in [0.05, 0.1) is 6.61 Å². The van der Waals surface area contributed by atoms with Crippen molar-refractivity contribution in [1.82, 2.24) is 15.4 Å². The first-order valence-corrected chi connectivity index (χ1v) is 2.85. The van der Waals surface area contributed by atoms with Gasteiger partial charge >= 0.3 is 0 Å². The maximum atomic E-state index is 5.10. The van der Waals surface area contributed by atoms with Gasteiger partial charge in [-0.2, -0.15) is 0 Å². The molecular weight excluding hydrogens is 118 g/mol. The van der Waals surface area contributed by atoms with E-state index in [0.29, 0.717) is 12.5 Å². The smallest absolute Gasteiger partial charge is 0.232 e. The molecule has 4 heteroatoms. The Balaban J connectivity index is 2.69. The minimum atomic E-state index is 0.644. The Morgan fingerprint density at radius 1 is 1.67 bits per heavy atom. The third-order valence-electron chi connectivity index (χ3n) is 0.969. The number of aryl methyl sites for hydroxylation is 1. The van der Waals surface area contributed by atoms with Gasteiger partial charge in [0.25, 0.3) is 0 Å². The molecule has 0 aromatic carbocycles. The van der Waals surface area contributed by atoms with Crippen LogP contribution in [0.2, 0.25) is 0 Å². The minimum Gasteiger partial charge on any atom is -0.477 e. The number of H-pyrrole nitrogens is 1. The van der Waals surface area contributed by atoms with E-state index in [-0.39, 0.29) is 0 Å². The van der Waals surface area contributed by atoms with Gasteiger partial charge < -0.3 is 4.74 Å². The van der Waals surface area contributed by atoms with Crippen LogP contribution >= 0.6 is 0 Å². The van der Waals surface area contributed by atoms with Crippen molar-refractivity contribution >= 4 is 0 Å². The van der Waals surface area contributed by atoms with Crippen LogP contribution in [0.15, 0.2) is 0 Å². The van der Waals surface area contributed by atoms with Crippen LogP contribution in [-0.2, 0) is 0 Å². The molecule has 0 saturated carbocycles. The van der Waals surface area contributed by atoms with Crippen molar-refractivity contribution in [2.75, 3.05) is 6.61 Å². The Kier molecular flexibility index (Phi) is 1.67. The van der Waals surface area contributed by atoms with E-state index < -0.39 is 0 Å². The molecule has 0 amide bonds. The van der Waals surface area contributed by atoms with Gasteiger partial charge in [0.15, 0.2) is 0 Å². The van der Waals surface area contributed by atoms with Crippen LogP contribution in [0.5, 0.6) is 5.88 Å². The second-order valence-corrected chi connectivity index (χ2v) is 1.66. The second-order valence-electron chi connectivity index (χ2n) is 1.66. The van der Waals surface area contributed by atoms with Crippen LogP contribution in [0, 0.1) is 6.92 Å². The lowest BCUT2D eigenvalue weighted by Crippen LogP contribution is -1.92. The lowest BCUT2D eigenvalue weighted by molar-refractivity contribution is 0.324. The number of rotatable bonds is 2. The van der Waals surface area contributed by atoms with E-state index in [2.05, 4.69) is 15.4 Å². The molecule has 1 aromatic heterocycles. The van der Waals surface area contributed by atoms with Gasteiger partial charge in [0, 0.05) is 0 Å². The fourth-order valence-corrected chi connectivity index (χ4v) is 0.553. The normalized spacial score (nSPS) is 9.56. The summed E-state index contributed by atoms with van der Waals surface area (Å²) in [5.41, 5.74) is 0.803. The lowest BCUT2D eigenvalue weighted by Gasteiger charge is -1.95. The van der Waals surface area contributed by atoms with Crippen LogP contribution in [0.3, 0.4) is 0 Å². The van der Waals surface area contributed by atoms with Gasteiger partial charge in [-0.25, -0.2) is 5.10 Å². The van der Waals surface area contributed by atoms with Crippen LogP contribution in [0.1, 0.15) is 12.6 Å². The van der Waals surface area contributed by atoms with Crippen molar-refractivity contribution in [3.05, 3.63) is 5.69 Å². The largest absolute Gasteiger partial charge is 0.477 e. The first-order valence-electron chi connectivity index (χ1n) is 2.85. The molecule has 0 saturated heterocycles. The summed E-state index contributed by atoms with van der Waals surface area (Å²) in [7, 11) is 0. The highest BCUT2D eigenvalue weighted by Gasteiger charge is 1.98. The molecule has 0 bridgehead atoms. The third kappa shape index (κ3) is 1.19. The molecule has 0 aliphatic carbocycles. The Morgan fingerprint density at radius 2 is 2.44 bits per heavy atom. The summed E-state index contributed by atoms with van der Waals surface area (Å²) in [6.45, 7) is 4.40. The lowest BCUT2D eigenvalue weighted by atomic mass is 10.5. The highest BCUT2D eigenvalue weighted by atomic mass is 16.5. The third-order valence-corrected chi connectivity index (χ3v) is 0.969. The summed E-state index contributed by atoms with van der Waals surface area (Å²) in [5, 5.41) is 9.87. The Labute approximate surface area is 53.2 Å². The number of aromatic amines is 1. The number of hydrogen-bond acceptors (Lipinski definition) is 3. The number of aromatic nitrogens is 3. The zero-order valence-electron chi connectivity index (χ0n) is 5.51. The quantitative estimate of drug-likeness (QED) is 0.629. The monoisotopic (exact) mass is 127 g/mol. The highest BCUT2D eigenvalue weighted by molar-refractivity contribution is 5.12. The Morgan fingerprint density at radius 3 is 2.89 bits per heavy atom. The molecule has 0 atom stereocenters. The molecule has 1 aromatic rings. The van der Waals surface area contributed by atoms with E-state index in [4.69, 9.17) is 4.74 Å². The molecule has 0 spiro atoms. The van der Waals surface area contributed by atoms with Crippen molar-refractivity contribution in [3.63, 3.8) is 0 Å². The van der Waals surface area contributed by atoms with Gasteiger partial charge in [-0.3, -0.25) is 0 Å². The predicted molar refractivity (Wildman–Crippen MR) is 32.3 cm³/mol. The molecule has 0 aliphatic rings. The van der Waals surface area contributed by atoms with Crippen molar-refractivity contribution in [2.45, 2.75) is 13.8 Å². The Hall–Kier alpha value is -1.06. The average molecular weight is 127 g/mol. The molecule has 9 heavy (non-hydrogen) atoms. The van der Waals surface area contributed by atoms with E-state index in [9.17, 15) is 0 Å². The van der Waals surface area contributed by atoms with Gasteiger partial charge in [-0.05, 0) is 13.8 Å². The first-order chi connectivity index (χ1) is 4.34. The maximum absolute atomic E-state index is 5.10. The summed E-state index contributed by atoms with van der Waals surface area (Å²) >= 11 is 0. The average Bonchev–Trinajstić information content (AvgIpc) is 2.18. The summed E-state index contributed by atoms with van der Waals surface area (Å²) in [6, 6.07) is 0. The number of nitrogens with one attached hydrogen (secondary N) is 1. The van der Waals surface area contributed by atoms with Gasteiger partial charge in [-0.15, -0.1) is 5.10 Å². The number of ether oxygens (including phenoxy) is 1. The predicted octanol–water partition coefficient (Wildman–Crippen LogP) is 0.512. The zero-order chi connectivity index (χ0) is 6.69. The fraction of sp³-hybridized carbons (Fsp3) is 0.600. The topological polar surface area (TPSA) is 50.8 Å². The van der Waals surface area contributed by atoms with E-state index in [1.807, 2.05) is 13.8 Å². The minimum absolute atomic E-state index is 0.644. The molecule has 0 radical (unpaired) electrons. The Bertz CT molecular complexity index is 184. The first kappa shape index (κ1) is 6.07. The molecule has 0 aliphatic heterocycles. The van der Waals surface area contributed by atoms with E-state index in [1.165, 1.54) is 0 Å². The highest BCUT2D eigenvalue weighted by Crippen LogP contribution is 2.07. The van der Waals surface area contributed by atoms with E-state index in [1.54, 1.807) is 0 Å². The molecule has 1 heterocycles. The molecule has 1 N–H and O–H groups in total. The van der Waals surface area contributed by atoms with Crippen molar-refractivity contribution < 1.29 is 4.74 Å². The van der Waals surface area contributed by atoms with Crippen LogP contribution in [0.4, 0.5) is 0 Å². The summed E-state index contributed by atoms with van der Waals surface area (Å²) < 4.78 is 5.10. The summed E-state index contributed by atoms with van der Waals surface area (Å²) in [5.74, 6) is 0.664.